The van der Waals surface area contributed by atoms with E-state index in [2.05, 4.69) is 48.5 Å². The first-order chi connectivity index (χ1) is 24.6. The minimum Gasteiger partial charge on any atom is -0.493 e. The highest BCUT2D eigenvalue weighted by molar-refractivity contribution is 7.07. The topological polar surface area (TPSA) is 71.3 Å². The number of hydrogen-bond donors (Lipinski definition) is 0. The molecule has 0 unspecified atom stereocenters. The molecule has 0 saturated carbocycles. The SMILES string of the molecule is CCOc1cc(/C=c2\sc3n(c2=O)[C@@H](c2ccc(OC)c(OC)c2)C2=C(N=3)c3ccccc3CC2)ccc1OCc1cccc2ccccc12. The van der Waals surface area contributed by atoms with Crippen LogP contribution >= 0.6 is 11.3 Å². The second kappa shape index (κ2) is 13.4. The summed E-state index contributed by atoms with van der Waals surface area (Å²) in [6.45, 7) is 2.84. The summed E-state index contributed by atoms with van der Waals surface area (Å²) in [7, 11) is 3.26. The Hall–Kier alpha value is -5.60. The van der Waals surface area contributed by atoms with Crippen LogP contribution in [0.25, 0.3) is 22.5 Å². The Morgan fingerprint density at radius 1 is 0.820 bits per heavy atom. The fraction of sp³-hybridized carbons (Fsp3) is 0.190. The Morgan fingerprint density at radius 2 is 1.62 bits per heavy atom. The Morgan fingerprint density at radius 3 is 2.48 bits per heavy atom. The molecule has 8 rings (SSSR count). The number of allylic oxidation sites excluding steroid dienone is 1. The molecule has 1 aliphatic heterocycles. The van der Waals surface area contributed by atoms with Gasteiger partial charge in [-0.3, -0.25) is 9.36 Å². The van der Waals surface area contributed by atoms with Gasteiger partial charge in [0.25, 0.3) is 5.56 Å². The first kappa shape index (κ1) is 31.7. The predicted octanol–water partition coefficient (Wildman–Crippen LogP) is 7.47. The number of nitrogens with zero attached hydrogens (tertiary/aromatic N) is 2. The highest BCUT2D eigenvalue weighted by Gasteiger charge is 2.33. The molecule has 1 atom stereocenters. The Labute approximate surface area is 294 Å². The maximum Gasteiger partial charge on any atom is 0.271 e. The molecular formula is C42H36N2O5S. The van der Waals surface area contributed by atoms with Gasteiger partial charge in [-0.15, -0.1) is 0 Å². The third-order valence-corrected chi connectivity index (χ3v) is 10.4. The molecule has 5 aromatic carbocycles. The number of fused-ring (bicyclic) bond motifs is 4. The summed E-state index contributed by atoms with van der Waals surface area (Å²) in [5, 5.41) is 2.34. The van der Waals surface area contributed by atoms with Gasteiger partial charge in [0.2, 0.25) is 0 Å². The Kier molecular flexibility index (Phi) is 8.46. The minimum atomic E-state index is -0.333. The van der Waals surface area contributed by atoms with Gasteiger partial charge in [-0.1, -0.05) is 90.2 Å². The molecule has 1 aromatic heterocycles. The number of aromatic nitrogens is 1. The highest BCUT2D eigenvalue weighted by Crippen LogP contribution is 2.43. The van der Waals surface area contributed by atoms with Crippen molar-refractivity contribution in [2.75, 3.05) is 20.8 Å². The van der Waals surface area contributed by atoms with E-state index in [1.54, 1.807) is 14.2 Å². The Bertz CT molecular complexity index is 2470. The van der Waals surface area contributed by atoms with Crippen LogP contribution in [-0.2, 0) is 13.0 Å². The first-order valence-electron chi connectivity index (χ1n) is 16.8. The van der Waals surface area contributed by atoms with E-state index in [1.165, 1.54) is 22.3 Å². The zero-order valence-corrected chi connectivity index (χ0v) is 29.0. The fourth-order valence-corrected chi connectivity index (χ4v) is 8.07. The van der Waals surface area contributed by atoms with Crippen LogP contribution in [0, 0.1) is 0 Å². The van der Waals surface area contributed by atoms with Gasteiger partial charge in [0.1, 0.15) is 6.61 Å². The quantitative estimate of drug-likeness (QED) is 0.159. The van der Waals surface area contributed by atoms with Gasteiger partial charge in [0.05, 0.1) is 37.1 Å². The van der Waals surface area contributed by atoms with Crippen molar-refractivity contribution in [1.29, 1.82) is 0 Å². The van der Waals surface area contributed by atoms with Gasteiger partial charge >= 0.3 is 0 Å². The van der Waals surface area contributed by atoms with Crippen molar-refractivity contribution in [2.24, 2.45) is 4.99 Å². The van der Waals surface area contributed by atoms with E-state index in [-0.39, 0.29) is 11.6 Å². The Balaban J connectivity index is 1.20. The molecule has 0 bridgehead atoms. The van der Waals surface area contributed by atoms with Gasteiger partial charge < -0.3 is 18.9 Å². The van der Waals surface area contributed by atoms with E-state index < -0.39 is 0 Å². The molecule has 7 nitrogen and oxygen atoms in total. The molecule has 8 heteroatoms. The number of methoxy groups -OCH3 is 2. The lowest BCUT2D eigenvalue weighted by Crippen LogP contribution is -2.38. The molecule has 0 radical (unpaired) electrons. The molecule has 0 amide bonds. The molecule has 2 aliphatic rings. The van der Waals surface area contributed by atoms with Gasteiger partial charge in [-0.25, -0.2) is 4.99 Å². The van der Waals surface area contributed by atoms with Crippen LogP contribution in [0.15, 0.2) is 118 Å². The number of hydrogen-bond acceptors (Lipinski definition) is 7. The van der Waals surface area contributed by atoms with Crippen molar-refractivity contribution >= 4 is 33.9 Å². The third kappa shape index (κ3) is 5.65. The lowest BCUT2D eigenvalue weighted by Gasteiger charge is -2.31. The van der Waals surface area contributed by atoms with Gasteiger partial charge in [-0.2, -0.15) is 0 Å². The molecule has 0 spiro atoms. The summed E-state index contributed by atoms with van der Waals surface area (Å²) in [5.41, 5.74) is 7.27. The molecule has 0 saturated heterocycles. The van der Waals surface area contributed by atoms with Crippen LogP contribution in [-0.4, -0.2) is 25.4 Å². The van der Waals surface area contributed by atoms with Crippen LogP contribution < -0.4 is 33.8 Å². The predicted molar refractivity (Wildman–Crippen MR) is 198 cm³/mol. The number of benzene rings is 5. The fourth-order valence-electron chi connectivity index (χ4n) is 7.07. The lowest BCUT2D eigenvalue weighted by atomic mass is 9.83. The van der Waals surface area contributed by atoms with Crippen LogP contribution in [0.3, 0.4) is 0 Å². The van der Waals surface area contributed by atoms with Crippen molar-refractivity contribution in [3.05, 3.63) is 156 Å². The number of ether oxygens (including phenoxy) is 4. The van der Waals surface area contributed by atoms with Gasteiger partial charge in [0, 0.05) is 5.56 Å². The summed E-state index contributed by atoms with van der Waals surface area (Å²) in [6, 6.07) is 34.3. The van der Waals surface area contributed by atoms with Gasteiger partial charge in [-0.05, 0) is 88.7 Å². The molecule has 1 aliphatic carbocycles. The van der Waals surface area contributed by atoms with Crippen molar-refractivity contribution in [3.8, 4) is 23.0 Å². The van der Waals surface area contributed by atoms with E-state index in [4.69, 9.17) is 23.9 Å². The summed E-state index contributed by atoms with van der Waals surface area (Å²) < 4.78 is 26.0. The molecule has 0 fully saturated rings. The number of thiazole rings is 1. The van der Waals surface area contributed by atoms with E-state index in [0.29, 0.717) is 45.5 Å². The van der Waals surface area contributed by atoms with Crippen LogP contribution in [0.4, 0.5) is 0 Å². The lowest BCUT2D eigenvalue weighted by molar-refractivity contribution is 0.270. The molecule has 2 heterocycles. The standard InChI is InChI=1S/C42H36N2O5S/c1-4-48-37-22-26(16-20-35(37)49-25-30-13-9-12-27-10-5-7-14-31(27)30)23-38-41(45)44-40(29-18-21-34(46-2)36(24-29)47-3)33-19-17-28-11-6-8-15-32(28)39(33)43-42(44)50-38/h5-16,18,20-24,40H,4,17,19,25H2,1-3H3/b38-23-/t40-/m0/s1. The molecule has 250 valence electrons. The maximum absolute atomic E-state index is 14.4. The van der Waals surface area contributed by atoms with E-state index in [0.717, 1.165) is 51.8 Å². The largest absolute Gasteiger partial charge is 0.493 e. The molecule has 6 aromatic rings. The zero-order valence-electron chi connectivity index (χ0n) is 28.1. The number of aryl methyl sites for hydroxylation is 1. The molecule has 50 heavy (non-hydrogen) atoms. The second-order valence-corrected chi connectivity index (χ2v) is 13.3. The average molecular weight is 681 g/mol. The summed E-state index contributed by atoms with van der Waals surface area (Å²) in [6.07, 6.45) is 3.60. The smallest absolute Gasteiger partial charge is 0.271 e. The van der Waals surface area contributed by atoms with Crippen molar-refractivity contribution in [1.82, 2.24) is 4.57 Å². The summed E-state index contributed by atoms with van der Waals surface area (Å²) in [4.78, 5) is 20.2. The molecular weight excluding hydrogens is 645 g/mol. The highest BCUT2D eigenvalue weighted by atomic mass is 32.1. The number of rotatable bonds is 9. The van der Waals surface area contributed by atoms with Crippen LogP contribution in [0.2, 0.25) is 0 Å². The van der Waals surface area contributed by atoms with Crippen molar-refractivity contribution < 1.29 is 18.9 Å². The van der Waals surface area contributed by atoms with Crippen molar-refractivity contribution in [2.45, 2.75) is 32.4 Å². The average Bonchev–Trinajstić information content (AvgIpc) is 3.46. The zero-order chi connectivity index (χ0) is 34.2. The minimum absolute atomic E-state index is 0.0896. The monoisotopic (exact) mass is 680 g/mol. The van der Waals surface area contributed by atoms with E-state index in [9.17, 15) is 4.79 Å². The first-order valence-corrected chi connectivity index (χ1v) is 17.6. The second-order valence-electron chi connectivity index (χ2n) is 12.3. The van der Waals surface area contributed by atoms with E-state index in [1.807, 2.05) is 72.2 Å². The van der Waals surface area contributed by atoms with Crippen LogP contribution in [0.5, 0.6) is 23.0 Å². The summed E-state index contributed by atoms with van der Waals surface area (Å²) in [5.74, 6) is 2.54. The third-order valence-electron chi connectivity index (χ3n) is 9.42. The normalized spacial score (nSPS) is 15.2. The maximum atomic E-state index is 14.4. The molecule has 0 N–H and O–H groups in total. The summed E-state index contributed by atoms with van der Waals surface area (Å²) >= 11 is 1.40. The van der Waals surface area contributed by atoms with Crippen LogP contribution in [0.1, 0.15) is 47.2 Å². The van der Waals surface area contributed by atoms with Gasteiger partial charge in [0.15, 0.2) is 27.8 Å². The van der Waals surface area contributed by atoms with E-state index >= 15 is 0 Å². The van der Waals surface area contributed by atoms with Crippen molar-refractivity contribution in [3.63, 3.8) is 0 Å².